The molecule has 0 fully saturated rings. The molecule has 1 heterocycles. The lowest BCUT2D eigenvalue weighted by Crippen LogP contribution is -2.28. The highest BCUT2D eigenvalue weighted by molar-refractivity contribution is 6.11. The number of allylic oxidation sites excluding steroid dienone is 1. The first-order valence-electron chi connectivity index (χ1n) is 26.6. The summed E-state index contributed by atoms with van der Waals surface area (Å²) in [6.07, 6.45) is 1.75. The number of fused-ring (bicyclic) bond motifs is 8. The molecule has 1 aliphatic rings. The molecule has 1 aromatic heterocycles. The quantitative estimate of drug-likeness (QED) is 0.138. The van der Waals surface area contributed by atoms with E-state index in [4.69, 9.17) is 0 Å². The smallest absolute Gasteiger partial charge is 0.0714 e. The van der Waals surface area contributed by atoms with Gasteiger partial charge < -0.3 is 9.47 Å². The molecule has 0 saturated heterocycles. The van der Waals surface area contributed by atoms with E-state index in [0.29, 0.717) is 0 Å². The summed E-state index contributed by atoms with van der Waals surface area (Å²) in [7, 11) is 0. The van der Waals surface area contributed by atoms with Crippen LogP contribution in [-0.4, -0.2) is 4.57 Å². The highest BCUT2D eigenvalue weighted by Crippen LogP contribution is 2.57. The average Bonchev–Trinajstić information content (AvgIpc) is 4.19. The third-order valence-corrected chi connectivity index (χ3v) is 15.0. The lowest BCUT2D eigenvalue weighted by atomic mass is 9.67. The molecule has 0 atom stereocenters. The highest BCUT2D eigenvalue weighted by Gasteiger charge is 2.46. The Kier molecular flexibility index (Phi) is 12.8. The Labute approximate surface area is 446 Å². The van der Waals surface area contributed by atoms with Crippen molar-refractivity contribution in [3.63, 3.8) is 0 Å². The molecule has 0 N–H and O–H groups in total. The number of aromatic nitrogens is 1. The Morgan fingerprint density at radius 2 is 0.908 bits per heavy atom. The van der Waals surface area contributed by atoms with Gasteiger partial charge in [0.15, 0.2) is 0 Å². The van der Waals surface area contributed by atoms with Gasteiger partial charge in [0, 0.05) is 33.2 Å². The van der Waals surface area contributed by atoms with Crippen LogP contribution in [0.25, 0.3) is 82.4 Å². The molecule has 364 valence electrons. The van der Waals surface area contributed by atoms with Crippen LogP contribution in [0.15, 0.2) is 292 Å². The second kappa shape index (κ2) is 20.4. The normalized spacial score (nSPS) is 12.0. The molecule has 0 unspecified atom stereocenters. The van der Waals surface area contributed by atoms with Crippen molar-refractivity contribution in [1.29, 1.82) is 0 Å². The van der Waals surface area contributed by atoms with Crippen LogP contribution in [0, 0.1) is 0 Å². The molecular formula is C74H58N2. The maximum atomic E-state index is 3.36. The van der Waals surface area contributed by atoms with Gasteiger partial charge in [-0.05, 0) is 133 Å². The van der Waals surface area contributed by atoms with Gasteiger partial charge in [0.25, 0.3) is 0 Å². The molecule has 2 heteroatoms. The number of para-hydroxylation sites is 1. The Morgan fingerprint density at radius 1 is 0.368 bits per heavy atom. The fraction of sp³-hybridized carbons (Fsp3) is 0.0541. The summed E-state index contributed by atoms with van der Waals surface area (Å²) < 4.78 is 2.49. The van der Waals surface area contributed by atoms with Gasteiger partial charge in [0.1, 0.15) is 0 Å². The third kappa shape index (κ3) is 7.98. The van der Waals surface area contributed by atoms with Gasteiger partial charge in [-0.15, -0.1) is 6.58 Å². The maximum Gasteiger partial charge on any atom is 0.0714 e. The zero-order valence-corrected chi connectivity index (χ0v) is 43.2. The molecule has 0 radical (unpaired) electrons. The molecule has 0 amide bonds. The molecule has 0 bridgehead atoms. The minimum Gasteiger partial charge on any atom is -0.310 e. The Morgan fingerprint density at radius 3 is 1.64 bits per heavy atom. The summed E-state index contributed by atoms with van der Waals surface area (Å²) in [6.45, 7) is 9.25. The van der Waals surface area contributed by atoms with E-state index in [-0.39, 0.29) is 0 Å². The summed E-state index contributed by atoms with van der Waals surface area (Å²) >= 11 is 0. The highest BCUT2D eigenvalue weighted by atomic mass is 15.1. The molecule has 0 spiro atoms. The predicted molar refractivity (Wildman–Crippen MR) is 326 cm³/mol. The van der Waals surface area contributed by atoms with E-state index in [1.165, 1.54) is 93.4 Å². The molecule has 0 aliphatic heterocycles. The first kappa shape index (κ1) is 47.5. The van der Waals surface area contributed by atoms with Crippen molar-refractivity contribution in [2.24, 2.45) is 0 Å². The van der Waals surface area contributed by atoms with Crippen LogP contribution in [0.2, 0.25) is 0 Å². The van der Waals surface area contributed by atoms with Crippen LogP contribution in [0.4, 0.5) is 17.1 Å². The third-order valence-electron chi connectivity index (χ3n) is 15.0. The second-order valence-corrected chi connectivity index (χ2v) is 19.2. The second-order valence-electron chi connectivity index (χ2n) is 19.2. The number of hydrogen-bond donors (Lipinski definition) is 0. The van der Waals surface area contributed by atoms with Crippen molar-refractivity contribution in [2.75, 3.05) is 4.90 Å². The van der Waals surface area contributed by atoms with E-state index in [0.717, 1.165) is 28.3 Å². The van der Waals surface area contributed by atoms with Gasteiger partial charge in [0.2, 0.25) is 0 Å². The fourth-order valence-electron chi connectivity index (χ4n) is 11.9. The zero-order chi connectivity index (χ0) is 51.6. The van der Waals surface area contributed by atoms with Crippen LogP contribution in [0.1, 0.15) is 43.0 Å². The summed E-state index contributed by atoms with van der Waals surface area (Å²) in [5, 5.41) is 7.31. The topological polar surface area (TPSA) is 8.17 Å². The summed E-state index contributed by atoms with van der Waals surface area (Å²) in [4.78, 5) is 2.42. The molecule has 0 saturated carbocycles. The largest absolute Gasteiger partial charge is 0.310 e. The first-order chi connectivity index (χ1) is 37.6. The van der Waals surface area contributed by atoms with Gasteiger partial charge in [0.05, 0.1) is 22.1 Å². The van der Waals surface area contributed by atoms with Crippen LogP contribution >= 0.6 is 0 Å². The molecule has 12 aromatic carbocycles. The number of benzene rings is 12. The maximum absolute atomic E-state index is 3.36. The van der Waals surface area contributed by atoms with Gasteiger partial charge in [-0.25, -0.2) is 0 Å². The minimum atomic E-state index is -0.501. The number of anilines is 3. The number of hydrogen-bond acceptors (Lipinski definition) is 1. The van der Waals surface area contributed by atoms with Crippen LogP contribution in [-0.2, 0) is 5.41 Å². The van der Waals surface area contributed by atoms with Crippen LogP contribution in [0.5, 0.6) is 0 Å². The van der Waals surface area contributed by atoms with Crippen molar-refractivity contribution < 1.29 is 0 Å². The van der Waals surface area contributed by atoms with E-state index in [2.05, 4.69) is 295 Å². The molecule has 14 rings (SSSR count). The Balaban J connectivity index is 0.00000113. The van der Waals surface area contributed by atoms with Crippen molar-refractivity contribution in [2.45, 2.75) is 26.2 Å². The SMILES string of the molecule is C=CC.CC.c1ccc(C2(c3ccccc3)c3ccccc3-c3ccc(-n4c5ccccc5c5ccc(-c6ccccc6-c6cccc(N(c7ccc8ccccc8c7)c7cccc8ccccc78)c6)cc54)cc32)cc1. The van der Waals surface area contributed by atoms with Crippen molar-refractivity contribution >= 4 is 60.4 Å². The molecule has 13 aromatic rings. The molecule has 2 nitrogen and oxygen atoms in total. The van der Waals surface area contributed by atoms with E-state index in [9.17, 15) is 0 Å². The zero-order valence-electron chi connectivity index (χ0n) is 43.2. The lowest BCUT2D eigenvalue weighted by Gasteiger charge is -2.34. The van der Waals surface area contributed by atoms with E-state index < -0.39 is 5.41 Å². The monoisotopic (exact) mass is 974 g/mol. The lowest BCUT2D eigenvalue weighted by molar-refractivity contribution is 0.767. The Bertz CT molecular complexity index is 4190. The molecule has 1 aliphatic carbocycles. The average molecular weight is 975 g/mol. The van der Waals surface area contributed by atoms with Crippen LogP contribution < -0.4 is 4.90 Å². The van der Waals surface area contributed by atoms with Crippen molar-refractivity contribution in [3.05, 3.63) is 314 Å². The van der Waals surface area contributed by atoms with Crippen LogP contribution in [0.3, 0.4) is 0 Å². The van der Waals surface area contributed by atoms with E-state index in [1.54, 1.807) is 6.08 Å². The van der Waals surface area contributed by atoms with Crippen molar-refractivity contribution in [3.8, 4) is 39.1 Å². The van der Waals surface area contributed by atoms with E-state index in [1.807, 2.05) is 20.8 Å². The van der Waals surface area contributed by atoms with Gasteiger partial charge >= 0.3 is 0 Å². The van der Waals surface area contributed by atoms with Crippen molar-refractivity contribution in [1.82, 2.24) is 4.57 Å². The summed E-state index contributed by atoms with van der Waals surface area (Å²) in [5.41, 5.74) is 18.7. The predicted octanol–water partition coefficient (Wildman–Crippen LogP) is 20.5. The van der Waals surface area contributed by atoms with Gasteiger partial charge in [-0.1, -0.05) is 244 Å². The van der Waals surface area contributed by atoms with E-state index >= 15 is 0 Å². The fourth-order valence-corrected chi connectivity index (χ4v) is 11.9. The number of nitrogens with zero attached hydrogens (tertiary/aromatic N) is 2. The molecular weight excluding hydrogens is 917 g/mol. The summed E-state index contributed by atoms with van der Waals surface area (Å²) in [5.74, 6) is 0. The van der Waals surface area contributed by atoms with Gasteiger partial charge in [-0.3, -0.25) is 0 Å². The molecule has 76 heavy (non-hydrogen) atoms. The first-order valence-corrected chi connectivity index (χ1v) is 26.6. The standard InChI is InChI=1S/C69H46N2.C3H6.C2H6/c1-3-24-52(25-4-1)69(53-26-5-2-6-27-53)64-34-15-13-32-60(64)61-42-40-56(46-65(61)69)71-67-35-16-14-33-62(67)63-41-38-51(45-68(63)71)58-30-12-11-29-57(58)50-23-17-28-54(44-50)70(55-39-37-47-19-7-8-21-49(47)43-55)66-36-18-22-48-20-9-10-31-59(48)66;1-3-2;1-2/h1-46H;3H,1H2,2H3;1-2H3. The minimum absolute atomic E-state index is 0.501. The Hall–Kier alpha value is -9.50. The number of rotatable bonds is 8. The van der Waals surface area contributed by atoms with Gasteiger partial charge in [-0.2, -0.15) is 0 Å². The summed E-state index contributed by atoms with van der Waals surface area (Å²) in [6, 6.07) is 103.